The molecule has 0 saturated heterocycles. The summed E-state index contributed by atoms with van der Waals surface area (Å²) in [5.41, 5.74) is 10.3. The molecule has 31 heavy (non-hydrogen) atoms. The topological polar surface area (TPSA) is 9.23 Å². The summed E-state index contributed by atoms with van der Waals surface area (Å²) in [6, 6.07) is 21.6. The Morgan fingerprint density at radius 1 is 0.968 bits per heavy atom. The van der Waals surface area contributed by atoms with Crippen molar-refractivity contribution in [1.29, 1.82) is 0 Å². The number of allylic oxidation sites excluding steroid dienone is 3. The number of fused-ring (bicyclic) bond motifs is 2. The van der Waals surface area contributed by atoms with E-state index in [-0.39, 0.29) is 59.4 Å². The molecular weight excluding hydrogens is 519 g/mol. The van der Waals surface area contributed by atoms with E-state index in [1.807, 2.05) is 6.26 Å². The monoisotopic (exact) mass is 541 g/mol. The van der Waals surface area contributed by atoms with Crippen LogP contribution in [0.3, 0.4) is 0 Å². The van der Waals surface area contributed by atoms with Crippen LogP contribution >= 0.6 is 0 Å². The van der Waals surface area contributed by atoms with E-state index in [9.17, 15) is 0 Å². The minimum Gasteiger partial charge on any atom is -1.00 e. The number of rotatable bonds is 2. The third kappa shape index (κ3) is 6.80. The van der Waals surface area contributed by atoms with E-state index in [2.05, 4.69) is 98.5 Å². The van der Waals surface area contributed by atoms with E-state index in [1.54, 1.807) is 0 Å². The van der Waals surface area contributed by atoms with Gasteiger partial charge in [-0.2, -0.15) is 6.07 Å². The van der Waals surface area contributed by atoms with Crippen LogP contribution in [-0.4, -0.2) is 20.7 Å². The van der Waals surface area contributed by atoms with E-state index in [0.29, 0.717) is 0 Å². The Morgan fingerprint density at radius 3 is 2.39 bits per heavy atom. The van der Waals surface area contributed by atoms with Crippen LogP contribution in [0, 0.1) is 6.92 Å². The fourth-order valence-corrected chi connectivity index (χ4v) is 4.56. The molecule has 1 aliphatic heterocycles. The summed E-state index contributed by atoms with van der Waals surface area (Å²) in [7, 11) is -0.254. The van der Waals surface area contributed by atoms with Crippen molar-refractivity contribution >= 4 is 24.9 Å². The molecule has 1 radical (unpaired) electrons. The van der Waals surface area contributed by atoms with Gasteiger partial charge >= 0.3 is 26.2 Å². The van der Waals surface area contributed by atoms with Crippen molar-refractivity contribution in [2.45, 2.75) is 20.0 Å². The fourth-order valence-electron chi connectivity index (χ4n) is 3.73. The summed E-state index contributed by atoms with van der Waals surface area (Å²) in [6.07, 6.45) is 6.29. The molecule has 0 N–H and O–H groups in total. The number of halogens is 2. The number of benzene rings is 2. The fraction of sp³-hybridized carbons (Fsp3) is 0.154. The second-order valence-electron chi connectivity index (χ2n) is 7.63. The Morgan fingerprint density at radius 2 is 1.71 bits per heavy atom. The number of aryl methyl sites for hydroxylation is 1. The molecule has 157 valence electrons. The Labute approximate surface area is 218 Å². The zero-order valence-electron chi connectivity index (χ0n) is 18.0. The van der Waals surface area contributed by atoms with E-state index < -0.39 is 0 Å². The third-order valence-electron chi connectivity index (χ3n) is 4.92. The molecule has 2 aliphatic rings. The molecule has 0 bridgehead atoms. The van der Waals surface area contributed by atoms with Gasteiger partial charge in [-0.25, -0.2) is 0 Å². The molecule has 1 nitrogen and oxygen atoms in total. The summed E-state index contributed by atoms with van der Waals surface area (Å²) in [6.45, 7) is 7.50. The van der Waals surface area contributed by atoms with Crippen LogP contribution in [-0.2, 0) is 30.9 Å². The summed E-state index contributed by atoms with van der Waals surface area (Å²) in [5.74, 6) is 0. The molecule has 0 saturated carbocycles. The predicted octanol–water partition coefficient (Wildman–Crippen LogP) is 0.445. The first-order chi connectivity index (χ1) is 13.6. The zero-order chi connectivity index (χ0) is 19.5. The van der Waals surface area contributed by atoms with Crippen LogP contribution in [0.25, 0.3) is 21.9 Å². The summed E-state index contributed by atoms with van der Waals surface area (Å²) >= 11 is 0. The number of ether oxygens (including phenoxy) is 1. The molecule has 0 unspecified atom stereocenters. The van der Waals surface area contributed by atoms with E-state index in [4.69, 9.17) is 4.74 Å². The van der Waals surface area contributed by atoms with Gasteiger partial charge in [0, 0.05) is 19.6 Å². The summed E-state index contributed by atoms with van der Waals surface area (Å²) < 4.78 is 5.18. The van der Waals surface area contributed by atoms with Crippen molar-refractivity contribution < 1.29 is 55.8 Å². The van der Waals surface area contributed by atoms with Gasteiger partial charge in [0.05, 0.1) is 6.26 Å². The first kappa shape index (κ1) is 27.7. The first-order valence-corrected chi connectivity index (χ1v) is 12.3. The van der Waals surface area contributed by atoms with Crippen LogP contribution < -0.4 is 24.8 Å². The number of hydrogen-bond acceptors (Lipinski definition) is 1. The van der Waals surface area contributed by atoms with Crippen LogP contribution in [0.15, 0.2) is 95.8 Å². The average Bonchev–Trinajstić information content (AvgIpc) is 3.35. The van der Waals surface area contributed by atoms with Gasteiger partial charge in [0.2, 0.25) is 0 Å². The molecule has 1 aliphatic carbocycles. The van der Waals surface area contributed by atoms with Crippen molar-refractivity contribution in [3.8, 4) is 11.1 Å². The normalized spacial score (nSPS) is 12.9. The Kier molecular flexibility index (Phi) is 11.2. The van der Waals surface area contributed by atoms with Gasteiger partial charge in [-0.3, -0.25) is 0 Å². The summed E-state index contributed by atoms with van der Waals surface area (Å²) in [5, 5.41) is 2.69. The zero-order valence-corrected chi connectivity index (χ0v) is 22.9. The quantitative estimate of drug-likeness (QED) is 0.337. The molecule has 0 aromatic heterocycles. The SMILES string of the molecule is C[Si](C)=CC1=CC2=COCC2=C1.Cc1cc2c(-c3ccccc3)cccc2[cH-]1.[Cl-].[Cl-].[Zr+3]. The van der Waals surface area contributed by atoms with E-state index in [0.717, 1.165) is 6.61 Å². The van der Waals surface area contributed by atoms with Crippen LogP contribution in [0.1, 0.15) is 5.56 Å². The molecule has 0 amide bonds. The number of hydrogen-bond donors (Lipinski definition) is 0. The molecule has 5 heteroatoms. The molecule has 0 atom stereocenters. The van der Waals surface area contributed by atoms with Gasteiger partial charge in [-0.1, -0.05) is 67.7 Å². The standard InChI is InChI=1S/C16H13.C10H12OSi.2ClH.Zr/c1-12-10-14-8-5-9-15(16(14)11-12)13-6-3-2-4-7-13;1-12(2)7-8-3-9-5-11-6-10(9)4-8;;;/h2-11H,1H3;3-5,7H,6H2,1-2H3;2*1H;/q-1;;;;+3/p-2. The van der Waals surface area contributed by atoms with Gasteiger partial charge < -0.3 is 29.6 Å². The van der Waals surface area contributed by atoms with Gasteiger partial charge in [0.1, 0.15) is 6.61 Å². The largest absolute Gasteiger partial charge is 3.00 e. The van der Waals surface area contributed by atoms with Gasteiger partial charge in [-0.05, 0) is 23.3 Å². The predicted molar refractivity (Wildman–Crippen MR) is 123 cm³/mol. The Hall–Kier alpha value is -1.38. The Bertz CT molecular complexity index is 1140. The second-order valence-corrected chi connectivity index (χ2v) is 10.1. The van der Waals surface area contributed by atoms with E-state index in [1.165, 1.54) is 44.2 Å². The van der Waals surface area contributed by atoms with E-state index >= 15 is 0 Å². The molecule has 0 spiro atoms. The van der Waals surface area contributed by atoms with Gasteiger partial charge in [0.15, 0.2) is 0 Å². The van der Waals surface area contributed by atoms with Gasteiger partial charge in [0.25, 0.3) is 0 Å². The van der Waals surface area contributed by atoms with Crippen LogP contribution in [0.2, 0.25) is 13.1 Å². The smallest absolute Gasteiger partial charge is 1.00 e. The van der Waals surface area contributed by atoms with Gasteiger partial charge in [-0.15, -0.1) is 34.5 Å². The second kappa shape index (κ2) is 12.6. The van der Waals surface area contributed by atoms with Crippen molar-refractivity contribution in [2.24, 2.45) is 0 Å². The third-order valence-corrected chi connectivity index (χ3v) is 5.83. The minimum atomic E-state index is -0.254. The van der Waals surface area contributed by atoms with Crippen molar-refractivity contribution in [3.05, 3.63) is 101 Å². The molecule has 0 fully saturated rings. The minimum absolute atomic E-state index is 0. The van der Waals surface area contributed by atoms with Crippen molar-refractivity contribution in [2.75, 3.05) is 6.61 Å². The van der Waals surface area contributed by atoms with Crippen molar-refractivity contribution in [1.82, 2.24) is 0 Å². The molecule has 1 heterocycles. The molecule has 5 rings (SSSR count). The molecule has 3 aromatic carbocycles. The summed E-state index contributed by atoms with van der Waals surface area (Å²) in [4.78, 5) is 0. The van der Waals surface area contributed by atoms with Crippen LogP contribution in [0.4, 0.5) is 0 Å². The maximum Gasteiger partial charge on any atom is 3.00 e. The van der Waals surface area contributed by atoms with Crippen LogP contribution in [0.5, 0.6) is 0 Å². The maximum absolute atomic E-state index is 5.18. The maximum atomic E-state index is 5.18. The van der Waals surface area contributed by atoms with Crippen molar-refractivity contribution in [3.63, 3.8) is 0 Å². The molecule has 3 aromatic rings. The average molecular weight is 544 g/mol. The Balaban J connectivity index is 0.000000292. The first-order valence-electron chi connectivity index (χ1n) is 9.71. The molecular formula is C26H25Cl2OSiZr.